The van der Waals surface area contributed by atoms with Gasteiger partial charge in [0.2, 0.25) is 0 Å². The molecule has 1 N–H and O–H groups in total. The van der Waals surface area contributed by atoms with Crippen LogP contribution < -0.4 is 5.32 Å². The lowest BCUT2D eigenvalue weighted by Gasteiger charge is -2.33. The van der Waals surface area contributed by atoms with E-state index in [1.54, 1.807) is 6.92 Å². The largest absolute Gasteiger partial charge is 0.464 e. The first-order valence-corrected chi connectivity index (χ1v) is 7.07. The van der Waals surface area contributed by atoms with Gasteiger partial charge in [-0.1, -0.05) is 30.3 Å². The van der Waals surface area contributed by atoms with Crippen molar-refractivity contribution in [3.8, 4) is 0 Å². The molecule has 0 aliphatic carbocycles. The van der Waals surface area contributed by atoms with E-state index in [9.17, 15) is 9.59 Å². The van der Waals surface area contributed by atoms with Gasteiger partial charge in [0.05, 0.1) is 6.61 Å². The molecule has 1 saturated heterocycles. The highest BCUT2D eigenvalue weighted by molar-refractivity contribution is 5.85. The average Bonchev–Trinajstić information content (AvgIpc) is 2.54. The van der Waals surface area contributed by atoms with Crippen molar-refractivity contribution >= 4 is 24.5 Å². The number of nitrogens with zero attached hydrogens (tertiary/aromatic N) is 1. The number of carbonyl (C=O) groups excluding carboxylic acids is 2. The molecule has 0 spiro atoms. The molecular formula is C15H21ClN2O4. The van der Waals surface area contributed by atoms with Gasteiger partial charge in [-0.2, -0.15) is 0 Å². The summed E-state index contributed by atoms with van der Waals surface area (Å²) in [5, 5.41) is 3.08. The van der Waals surface area contributed by atoms with E-state index in [0.717, 1.165) is 5.56 Å². The minimum Gasteiger partial charge on any atom is -0.464 e. The molecule has 1 amide bonds. The molecule has 0 aromatic heterocycles. The molecule has 1 atom stereocenters. The number of hydrogen-bond donors (Lipinski definition) is 1. The van der Waals surface area contributed by atoms with Crippen LogP contribution in [0.5, 0.6) is 0 Å². The number of ether oxygens (including phenoxy) is 2. The van der Waals surface area contributed by atoms with Crippen LogP contribution in [-0.4, -0.2) is 49.2 Å². The van der Waals surface area contributed by atoms with E-state index < -0.39 is 18.1 Å². The van der Waals surface area contributed by atoms with Gasteiger partial charge in [0.15, 0.2) is 0 Å². The zero-order valence-corrected chi connectivity index (χ0v) is 13.3. The van der Waals surface area contributed by atoms with Crippen LogP contribution in [0.4, 0.5) is 4.79 Å². The Kier molecular flexibility index (Phi) is 7.70. The summed E-state index contributed by atoms with van der Waals surface area (Å²) >= 11 is 0. The Morgan fingerprint density at radius 1 is 1.27 bits per heavy atom. The number of nitrogens with one attached hydrogen (secondary N) is 1. The molecule has 2 rings (SSSR count). The fraction of sp³-hybridized carbons (Fsp3) is 0.467. The Morgan fingerprint density at radius 3 is 2.68 bits per heavy atom. The highest BCUT2D eigenvalue weighted by Crippen LogP contribution is 2.10. The lowest BCUT2D eigenvalue weighted by Crippen LogP contribution is -2.57. The summed E-state index contributed by atoms with van der Waals surface area (Å²) in [6.45, 7) is 3.68. The van der Waals surface area contributed by atoms with Crippen LogP contribution >= 0.6 is 12.4 Å². The smallest absolute Gasteiger partial charge is 0.410 e. The number of rotatable bonds is 4. The third-order valence-corrected chi connectivity index (χ3v) is 3.24. The van der Waals surface area contributed by atoms with Crippen molar-refractivity contribution in [2.45, 2.75) is 19.6 Å². The zero-order chi connectivity index (χ0) is 15.1. The predicted octanol–water partition coefficient (Wildman–Crippen LogP) is 1.58. The monoisotopic (exact) mass is 328 g/mol. The van der Waals surface area contributed by atoms with E-state index in [4.69, 9.17) is 9.47 Å². The summed E-state index contributed by atoms with van der Waals surface area (Å²) in [7, 11) is 0. The van der Waals surface area contributed by atoms with Crippen LogP contribution in [0.3, 0.4) is 0 Å². The number of halogens is 1. The number of amides is 1. The predicted molar refractivity (Wildman–Crippen MR) is 83.9 cm³/mol. The molecule has 0 unspecified atom stereocenters. The summed E-state index contributed by atoms with van der Waals surface area (Å²) in [5.41, 5.74) is 0.911. The molecule has 0 saturated carbocycles. The number of hydrogen-bond acceptors (Lipinski definition) is 5. The zero-order valence-electron chi connectivity index (χ0n) is 12.5. The first-order chi connectivity index (χ1) is 10.2. The van der Waals surface area contributed by atoms with Crippen molar-refractivity contribution in [2.24, 2.45) is 0 Å². The minimum atomic E-state index is -0.623. The van der Waals surface area contributed by atoms with Crippen molar-refractivity contribution in [1.82, 2.24) is 10.2 Å². The lowest BCUT2D eigenvalue weighted by atomic mass is 10.2. The van der Waals surface area contributed by atoms with Gasteiger partial charge in [-0.25, -0.2) is 9.59 Å². The number of esters is 1. The molecule has 1 heterocycles. The summed E-state index contributed by atoms with van der Waals surface area (Å²) < 4.78 is 10.3. The topological polar surface area (TPSA) is 67.9 Å². The van der Waals surface area contributed by atoms with E-state index in [0.29, 0.717) is 26.2 Å². The SMILES string of the molecule is CCOC(=O)[C@@H]1CNCCN1C(=O)OCc1ccccc1.Cl. The summed E-state index contributed by atoms with van der Waals surface area (Å²) in [5.74, 6) is -0.402. The Bertz CT molecular complexity index is 484. The molecule has 1 aromatic carbocycles. The van der Waals surface area contributed by atoms with Crippen LogP contribution in [0.15, 0.2) is 30.3 Å². The maximum absolute atomic E-state index is 12.2. The molecule has 6 nitrogen and oxygen atoms in total. The van der Waals surface area contributed by atoms with Gasteiger partial charge in [0.1, 0.15) is 12.6 Å². The lowest BCUT2D eigenvalue weighted by molar-refractivity contribution is -0.149. The second-order valence-electron chi connectivity index (χ2n) is 4.71. The van der Waals surface area contributed by atoms with Crippen molar-refractivity contribution in [1.29, 1.82) is 0 Å². The van der Waals surface area contributed by atoms with Crippen LogP contribution in [0, 0.1) is 0 Å². The molecule has 22 heavy (non-hydrogen) atoms. The van der Waals surface area contributed by atoms with Crippen LogP contribution in [0.1, 0.15) is 12.5 Å². The maximum Gasteiger partial charge on any atom is 0.410 e. The molecule has 1 fully saturated rings. The van der Waals surface area contributed by atoms with Gasteiger partial charge in [0.25, 0.3) is 0 Å². The number of piperazine rings is 1. The maximum atomic E-state index is 12.2. The fourth-order valence-electron chi connectivity index (χ4n) is 2.17. The second-order valence-corrected chi connectivity index (χ2v) is 4.71. The number of benzene rings is 1. The van der Waals surface area contributed by atoms with E-state index in [1.165, 1.54) is 4.90 Å². The van der Waals surface area contributed by atoms with Gasteiger partial charge >= 0.3 is 12.1 Å². The molecular weight excluding hydrogens is 308 g/mol. The van der Waals surface area contributed by atoms with E-state index >= 15 is 0 Å². The van der Waals surface area contributed by atoms with E-state index in [1.807, 2.05) is 30.3 Å². The van der Waals surface area contributed by atoms with Gasteiger partial charge in [0, 0.05) is 19.6 Å². The van der Waals surface area contributed by atoms with Gasteiger partial charge < -0.3 is 14.8 Å². The Hall–Kier alpha value is -1.79. The normalized spacial score (nSPS) is 17.3. The van der Waals surface area contributed by atoms with Gasteiger partial charge in [-0.05, 0) is 12.5 Å². The average molecular weight is 329 g/mol. The standard InChI is InChI=1S/C15H20N2O4.ClH/c1-2-20-14(18)13-10-16-8-9-17(13)15(19)21-11-12-6-4-3-5-7-12;/h3-7,13,16H,2,8-11H2,1H3;1H/t13-;/m0./s1. The highest BCUT2D eigenvalue weighted by atomic mass is 35.5. The molecule has 122 valence electrons. The van der Waals surface area contributed by atoms with Crippen LogP contribution in [0.25, 0.3) is 0 Å². The number of carbonyl (C=O) groups is 2. The minimum absolute atomic E-state index is 0. The van der Waals surface area contributed by atoms with Crippen molar-refractivity contribution < 1.29 is 19.1 Å². The van der Waals surface area contributed by atoms with Gasteiger partial charge in [-0.15, -0.1) is 12.4 Å². The Labute approximate surface area is 136 Å². The quantitative estimate of drug-likeness (QED) is 0.850. The molecule has 7 heteroatoms. The van der Waals surface area contributed by atoms with Gasteiger partial charge in [-0.3, -0.25) is 4.90 Å². The molecule has 1 aliphatic heterocycles. The molecule has 0 bridgehead atoms. The summed E-state index contributed by atoms with van der Waals surface area (Å²) in [4.78, 5) is 25.5. The second kappa shape index (κ2) is 9.27. The first-order valence-electron chi connectivity index (χ1n) is 7.07. The molecule has 1 aliphatic rings. The summed E-state index contributed by atoms with van der Waals surface area (Å²) in [6.07, 6.45) is -0.488. The van der Waals surface area contributed by atoms with E-state index in [2.05, 4.69) is 5.32 Å². The first kappa shape index (κ1) is 18.3. The van der Waals surface area contributed by atoms with Crippen LogP contribution in [-0.2, 0) is 20.9 Å². The third kappa shape index (κ3) is 4.89. The van der Waals surface area contributed by atoms with E-state index in [-0.39, 0.29) is 19.0 Å². The van der Waals surface area contributed by atoms with Crippen molar-refractivity contribution in [2.75, 3.05) is 26.2 Å². The van der Waals surface area contributed by atoms with Crippen LogP contribution in [0.2, 0.25) is 0 Å². The fourth-order valence-corrected chi connectivity index (χ4v) is 2.17. The van der Waals surface area contributed by atoms with Crippen molar-refractivity contribution in [3.63, 3.8) is 0 Å². The molecule has 1 aromatic rings. The highest BCUT2D eigenvalue weighted by Gasteiger charge is 2.34. The van der Waals surface area contributed by atoms with Crippen molar-refractivity contribution in [3.05, 3.63) is 35.9 Å². The molecule has 0 radical (unpaired) electrons. The third-order valence-electron chi connectivity index (χ3n) is 3.24. The Balaban J connectivity index is 0.00000242. The summed E-state index contributed by atoms with van der Waals surface area (Å²) in [6, 6.07) is 8.81. The Morgan fingerprint density at radius 2 is 2.00 bits per heavy atom.